The predicted octanol–water partition coefficient (Wildman–Crippen LogP) is 4.92. The van der Waals surface area contributed by atoms with E-state index in [1.165, 1.54) is 40.9 Å². The zero-order valence-electron chi connectivity index (χ0n) is 19.2. The second-order valence-corrected chi connectivity index (χ2v) is 9.42. The summed E-state index contributed by atoms with van der Waals surface area (Å²) in [5, 5.41) is 12.4. The highest BCUT2D eigenvalue weighted by Crippen LogP contribution is 2.42. The number of thioether (sulfide) groups is 1. The third kappa shape index (κ3) is 5.79. The van der Waals surface area contributed by atoms with Gasteiger partial charge in [-0.1, -0.05) is 71.9 Å². The van der Waals surface area contributed by atoms with Gasteiger partial charge in [0.2, 0.25) is 5.91 Å². The third-order valence-electron chi connectivity index (χ3n) is 5.67. The number of rotatable bonds is 7. The lowest BCUT2D eigenvalue weighted by atomic mass is 10.1. The summed E-state index contributed by atoms with van der Waals surface area (Å²) in [7, 11) is 0. The maximum Gasteiger partial charge on any atom is 0.264 e. The number of carbonyl (C=O) groups excluding carboxylic acids is 2. The largest absolute Gasteiger partial charge is 0.351 e. The zero-order valence-corrected chi connectivity index (χ0v) is 20.0. The van der Waals surface area contributed by atoms with Gasteiger partial charge in [-0.15, -0.1) is 0 Å². The van der Waals surface area contributed by atoms with Crippen molar-refractivity contribution in [1.82, 2.24) is 5.32 Å². The van der Waals surface area contributed by atoms with Crippen LogP contribution < -0.4 is 10.2 Å². The summed E-state index contributed by atoms with van der Waals surface area (Å²) < 4.78 is 13.6. The van der Waals surface area contributed by atoms with Gasteiger partial charge in [0.05, 0.1) is 5.25 Å². The van der Waals surface area contributed by atoms with Gasteiger partial charge >= 0.3 is 0 Å². The second-order valence-electron chi connectivity index (χ2n) is 8.23. The quantitative estimate of drug-likeness (QED) is 0.381. The molecule has 176 valence electrons. The molecule has 1 fully saturated rings. The number of hydrogen-bond acceptors (Lipinski definition) is 4. The Hall–Kier alpha value is -3.89. The van der Waals surface area contributed by atoms with E-state index >= 15 is 0 Å². The van der Waals surface area contributed by atoms with Crippen LogP contribution in [0.4, 0.5) is 10.1 Å². The number of halogens is 1. The van der Waals surface area contributed by atoms with Gasteiger partial charge in [-0.25, -0.2) is 4.39 Å². The van der Waals surface area contributed by atoms with Crippen molar-refractivity contribution in [3.05, 3.63) is 112 Å². The first-order valence-corrected chi connectivity index (χ1v) is 12.1. The molecule has 0 radical (unpaired) electrons. The van der Waals surface area contributed by atoms with Crippen LogP contribution in [-0.2, 0) is 22.4 Å². The topological polar surface area (TPSA) is 73.2 Å². The van der Waals surface area contributed by atoms with Crippen LogP contribution in [0.3, 0.4) is 0 Å². The molecule has 1 N–H and O–H groups in total. The summed E-state index contributed by atoms with van der Waals surface area (Å²) in [6, 6.07) is 25.1. The minimum absolute atomic E-state index is 0.132. The number of amides is 2. The van der Waals surface area contributed by atoms with Crippen LogP contribution >= 0.6 is 11.8 Å². The van der Waals surface area contributed by atoms with Crippen LogP contribution in [0.25, 0.3) is 0 Å². The Morgan fingerprint density at radius 3 is 2.37 bits per heavy atom. The summed E-state index contributed by atoms with van der Waals surface area (Å²) in [4.78, 5) is 27.8. The molecule has 4 rings (SSSR count). The molecule has 1 atom stereocenters. The number of nitriles is 1. The van der Waals surface area contributed by atoms with Crippen LogP contribution in [0.2, 0.25) is 0 Å². The van der Waals surface area contributed by atoms with E-state index in [-0.39, 0.29) is 16.5 Å². The zero-order chi connectivity index (χ0) is 24.8. The maximum absolute atomic E-state index is 13.6. The van der Waals surface area contributed by atoms with Crippen molar-refractivity contribution < 1.29 is 14.0 Å². The molecular weight excluding hydrogens is 461 g/mol. The monoisotopic (exact) mass is 485 g/mol. The van der Waals surface area contributed by atoms with Crippen molar-refractivity contribution in [3.63, 3.8) is 0 Å². The van der Waals surface area contributed by atoms with Gasteiger partial charge in [-0.3, -0.25) is 14.5 Å². The molecular formula is C28H24FN3O2S. The molecule has 3 aromatic carbocycles. The Kier molecular flexibility index (Phi) is 7.64. The molecule has 0 saturated carbocycles. The molecule has 35 heavy (non-hydrogen) atoms. The van der Waals surface area contributed by atoms with Gasteiger partial charge in [-0.05, 0) is 55.2 Å². The summed E-state index contributed by atoms with van der Waals surface area (Å²) in [6.07, 6.45) is 1.06. The van der Waals surface area contributed by atoms with Crippen molar-refractivity contribution in [3.8, 4) is 6.07 Å². The van der Waals surface area contributed by atoms with Gasteiger partial charge in [-0.2, -0.15) is 5.26 Å². The molecule has 1 heterocycles. The van der Waals surface area contributed by atoms with Crippen molar-refractivity contribution in [2.75, 3.05) is 11.4 Å². The molecule has 3 aromatic rings. The van der Waals surface area contributed by atoms with Crippen LogP contribution in [0.5, 0.6) is 0 Å². The fourth-order valence-electron chi connectivity index (χ4n) is 3.80. The van der Waals surface area contributed by atoms with E-state index in [0.29, 0.717) is 25.1 Å². The molecule has 1 aliphatic heterocycles. The van der Waals surface area contributed by atoms with Gasteiger partial charge in [0.25, 0.3) is 5.91 Å². The lowest BCUT2D eigenvalue weighted by molar-refractivity contribution is -0.117. The molecule has 0 aromatic heterocycles. The standard InChI is InChI=1S/C28H24FN3O2S/c1-19-7-9-21(10-8-19)17-25-27(34)32(23-13-11-22(29)12-14-23)28(35-25)24(18-30)26(33)31-16-15-20-5-3-2-4-6-20/h2-14,25H,15-17H2,1H3,(H,31,33). The molecule has 0 bridgehead atoms. The Morgan fingerprint density at radius 2 is 1.71 bits per heavy atom. The minimum Gasteiger partial charge on any atom is -0.351 e. The fraction of sp³-hybridized carbons (Fsp3) is 0.179. The van der Waals surface area contributed by atoms with Gasteiger partial charge in [0.15, 0.2) is 0 Å². The molecule has 5 nitrogen and oxygen atoms in total. The summed E-state index contributed by atoms with van der Waals surface area (Å²) >= 11 is 1.19. The number of aryl methyl sites for hydroxylation is 1. The second kappa shape index (κ2) is 11.0. The summed E-state index contributed by atoms with van der Waals surface area (Å²) in [6.45, 7) is 2.34. The molecule has 1 unspecified atom stereocenters. The lowest BCUT2D eigenvalue weighted by Crippen LogP contribution is -2.32. The highest BCUT2D eigenvalue weighted by Gasteiger charge is 2.40. The van der Waals surface area contributed by atoms with Crippen molar-refractivity contribution >= 4 is 29.3 Å². The lowest BCUT2D eigenvalue weighted by Gasteiger charge is -2.18. The number of nitrogens with one attached hydrogen (secondary N) is 1. The maximum atomic E-state index is 13.6. The first-order valence-electron chi connectivity index (χ1n) is 11.2. The highest BCUT2D eigenvalue weighted by molar-refractivity contribution is 8.05. The molecule has 0 spiro atoms. The number of hydrogen-bond donors (Lipinski definition) is 1. The van der Waals surface area contributed by atoms with Crippen molar-refractivity contribution in [1.29, 1.82) is 5.26 Å². The molecule has 1 aliphatic rings. The fourth-order valence-corrected chi connectivity index (χ4v) is 5.11. The number of carbonyl (C=O) groups is 2. The van der Waals surface area contributed by atoms with Crippen LogP contribution in [0.1, 0.15) is 16.7 Å². The van der Waals surface area contributed by atoms with E-state index in [0.717, 1.165) is 16.7 Å². The predicted molar refractivity (Wildman–Crippen MR) is 136 cm³/mol. The Morgan fingerprint density at radius 1 is 1.03 bits per heavy atom. The Balaban J connectivity index is 1.61. The third-order valence-corrected chi connectivity index (χ3v) is 6.94. The van der Waals surface area contributed by atoms with Gasteiger partial charge in [0, 0.05) is 12.2 Å². The number of benzene rings is 3. The minimum atomic E-state index is -0.540. The van der Waals surface area contributed by atoms with Gasteiger partial charge in [0.1, 0.15) is 22.5 Å². The van der Waals surface area contributed by atoms with E-state index in [2.05, 4.69) is 5.32 Å². The van der Waals surface area contributed by atoms with Crippen LogP contribution in [-0.4, -0.2) is 23.6 Å². The van der Waals surface area contributed by atoms with Crippen molar-refractivity contribution in [2.45, 2.75) is 25.0 Å². The number of nitrogens with zero attached hydrogens (tertiary/aromatic N) is 2. The smallest absolute Gasteiger partial charge is 0.264 e. The summed E-state index contributed by atoms with van der Waals surface area (Å²) in [5.41, 5.74) is 3.44. The van der Waals surface area contributed by atoms with Crippen molar-refractivity contribution in [2.24, 2.45) is 0 Å². The summed E-state index contributed by atoms with van der Waals surface area (Å²) in [5.74, 6) is -1.22. The normalized spacial score (nSPS) is 16.7. The van der Waals surface area contributed by atoms with Crippen LogP contribution in [0.15, 0.2) is 89.5 Å². The van der Waals surface area contributed by atoms with E-state index in [1.807, 2.05) is 67.6 Å². The average molecular weight is 486 g/mol. The van der Waals surface area contributed by atoms with Crippen LogP contribution in [0, 0.1) is 24.1 Å². The average Bonchev–Trinajstić information content (AvgIpc) is 3.17. The molecule has 2 amide bonds. The Labute approximate surface area is 208 Å². The van der Waals surface area contributed by atoms with E-state index in [4.69, 9.17) is 0 Å². The van der Waals surface area contributed by atoms with E-state index < -0.39 is 17.0 Å². The Bertz CT molecular complexity index is 1280. The molecule has 0 aliphatic carbocycles. The highest BCUT2D eigenvalue weighted by atomic mass is 32.2. The molecule has 7 heteroatoms. The molecule has 1 saturated heterocycles. The number of anilines is 1. The van der Waals surface area contributed by atoms with E-state index in [9.17, 15) is 19.2 Å². The first kappa shape index (κ1) is 24.2. The van der Waals surface area contributed by atoms with Gasteiger partial charge < -0.3 is 5.32 Å². The SMILES string of the molecule is Cc1ccc(CC2SC(=C(C#N)C(=O)NCCc3ccccc3)N(c3ccc(F)cc3)C2=O)cc1. The van der Waals surface area contributed by atoms with E-state index in [1.54, 1.807) is 0 Å². The first-order chi connectivity index (χ1) is 17.0.